The molecule has 1 atom stereocenters. The summed E-state index contributed by atoms with van der Waals surface area (Å²) in [7, 11) is 0.571. The minimum Gasteiger partial charge on any atom is -0.483 e. The van der Waals surface area contributed by atoms with Crippen molar-refractivity contribution in [2.75, 3.05) is 26.0 Å². The second-order valence-corrected chi connectivity index (χ2v) is 6.68. The predicted molar refractivity (Wildman–Crippen MR) is 95.4 cm³/mol. The Labute approximate surface area is 144 Å². The van der Waals surface area contributed by atoms with E-state index in [4.69, 9.17) is 4.74 Å². The Morgan fingerprint density at radius 2 is 1.79 bits per heavy atom. The quantitative estimate of drug-likeness (QED) is 0.679. The molecule has 2 aromatic rings. The number of benzene rings is 2. The zero-order valence-electron chi connectivity index (χ0n) is 13.7. The molecule has 6 heteroatoms. The van der Waals surface area contributed by atoms with Crippen LogP contribution in [-0.4, -0.2) is 36.1 Å². The highest BCUT2D eigenvalue weighted by Gasteiger charge is 2.06. The summed E-state index contributed by atoms with van der Waals surface area (Å²) in [6, 6.07) is 17.0. The standard InChI is InChI=1S/C18H22N2O3S/c1-19-18(21)14-23-17-10-6-5-7-15(17)13-20-11-12-24(22)16-8-3-2-4-9-16/h2-10,20H,11-14H2,1H3,(H,19,21). The fourth-order valence-electron chi connectivity index (χ4n) is 2.08. The molecule has 0 aromatic heterocycles. The molecule has 0 fully saturated rings. The molecule has 2 N–H and O–H groups in total. The minimum atomic E-state index is -1.00. The maximum Gasteiger partial charge on any atom is 0.257 e. The average molecular weight is 346 g/mol. The van der Waals surface area contributed by atoms with Gasteiger partial charge in [0, 0.05) is 36.3 Å². The van der Waals surface area contributed by atoms with Crippen molar-refractivity contribution in [1.82, 2.24) is 10.6 Å². The first-order chi connectivity index (χ1) is 11.7. The second-order valence-electron chi connectivity index (χ2n) is 5.11. The van der Waals surface area contributed by atoms with Crippen molar-refractivity contribution in [1.29, 1.82) is 0 Å². The van der Waals surface area contributed by atoms with E-state index in [2.05, 4.69) is 10.6 Å². The summed E-state index contributed by atoms with van der Waals surface area (Å²) >= 11 is 0. The predicted octanol–water partition coefficient (Wildman–Crippen LogP) is 1.71. The monoisotopic (exact) mass is 346 g/mol. The largest absolute Gasteiger partial charge is 0.483 e. The van der Waals surface area contributed by atoms with Crippen LogP contribution in [0.2, 0.25) is 0 Å². The Balaban J connectivity index is 1.80. The third kappa shape index (κ3) is 5.79. The van der Waals surface area contributed by atoms with E-state index in [0.717, 1.165) is 10.5 Å². The molecule has 0 aliphatic carbocycles. The molecule has 0 saturated carbocycles. The van der Waals surface area contributed by atoms with Crippen LogP contribution in [0.4, 0.5) is 0 Å². The lowest BCUT2D eigenvalue weighted by Gasteiger charge is -2.11. The molecule has 0 aliphatic rings. The number of carbonyl (C=O) groups is 1. The third-order valence-electron chi connectivity index (χ3n) is 3.40. The molecule has 0 saturated heterocycles. The molecular weight excluding hydrogens is 324 g/mol. The van der Waals surface area contributed by atoms with E-state index in [1.807, 2.05) is 54.6 Å². The summed E-state index contributed by atoms with van der Waals surface area (Å²) in [5, 5.41) is 5.79. The van der Waals surface area contributed by atoms with Crippen LogP contribution < -0.4 is 15.4 Å². The normalized spacial score (nSPS) is 11.7. The zero-order valence-corrected chi connectivity index (χ0v) is 14.5. The van der Waals surface area contributed by atoms with Crippen LogP contribution in [0.1, 0.15) is 5.56 Å². The number of ether oxygens (including phenoxy) is 1. The fraction of sp³-hybridized carbons (Fsp3) is 0.278. The molecule has 128 valence electrons. The highest BCUT2D eigenvalue weighted by Crippen LogP contribution is 2.17. The smallest absolute Gasteiger partial charge is 0.257 e. The first-order valence-electron chi connectivity index (χ1n) is 7.76. The molecular formula is C18H22N2O3S. The maximum absolute atomic E-state index is 12.1. The van der Waals surface area contributed by atoms with Crippen molar-refractivity contribution in [2.45, 2.75) is 11.4 Å². The van der Waals surface area contributed by atoms with Gasteiger partial charge in [0.25, 0.3) is 5.91 Å². The summed E-state index contributed by atoms with van der Waals surface area (Å²) in [6.07, 6.45) is 0. The van der Waals surface area contributed by atoms with Gasteiger partial charge in [-0.1, -0.05) is 36.4 Å². The Hall–Kier alpha value is -2.18. The second kappa shape index (κ2) is 9.85. The van der Waals surface area contributed by atoms with Crippen molar-refractivity contribution >= 4 is 16.7 Å². The van der Waals surface area contributed by atoms with E-state index < -0.39 is 10.8 Å². The number of carbonyl (C=O) groups excluding carboxylic acids is 1. The molecule has 0 bridgehead atoms. The van der Waals surface area contributed by atoms with E-state index in [1.165, 1.54) is 0 Å². The summed E-state index contributed by atoms with van der Waals surface area (Å²) in [4.78, 5) is 12.1. The summed E-state index contributed by atoms with van der Waals surface area (Å²) in [5.74, 6) is 1.06. The van der Waals surface area contributed by atoms with Gasteiger partial charge in [0.05, 0.1) is 10.8 Å². The third-order valence-corrected chi connectivity index (χ3v) is 4.77. The van der Waals surface area contributed by atoms with Gasteiger partial charge in [0.2, 0.25) is 0 Å². The molecule has 0 radical (unpaired) electrons. The highest BCUT2D eigenvalue weighted by molar-refractivity contribution is 7.85. The number of amides is 1. The van der Waals surface area contributed by atoms with Crippen molar-refractivity contribution in [3.63, 3.8) is 0 Å². The number of likely N-dealkylation sites (N-methyl/N-ethyl adjacent to an activating group) is 1. The first-order valence-corrected chi connectivity index (χ1v) is 9.08. The van der Waals surface area contributed by atoms with Crippen LogP contribution in [0.25, 0.3) is 0 Å². The molecule has 24 heavy (non-hydrogen) atoms. The van der Waals surface area contributed by atoms with Gasteiger partial charge < -0.3 is 15.4 Å². The molecule has 1 amide bonds. The van der Waals surface area contributed by atoms with Gasteiger partial charge >= 0.3 is 0 Å². The van der Waals surface area contributed by atoms with E-state index in [9.17, 15) is 9.00 Å². The van der Waals surface area contributed by atoms with Gasteiger partial charge in [-0.05, 0) is 18.2 Å². The van der Waals surface area contributed by atoms with Gasteiger partial charge in [-0.2, -0.15) is 0 Å². The van der Waals surface area contributed by atoms with Crippen molar-refractivity contribution < 1.29 is 13.7 Å². The Morgan fingerprint density at radius 1 is 1.08 bits per heavy atom. The lowest BCUT2D eigenvalue weighted by molar-refractivity contribution is -0.122. The van der Waals surface area contributed by atoms with E-state index in [0.29, 0.717) is 24.6 Å². The van der Waals surface area contributed by atoms with Crippen LogP contribution in [0.5, 0.6) is 5.75 Å². The molecule has 1 unspecified atom stereocenters. The molecule has 0 heterocycles. The summed E-state index contributed by atoms with van der Waals surface area (Å²) in [6.45, 7) is 1.22. The molecule has 2 aromatic carbocycles. The van der Waals surface area contributed by atoms with Crippen LogP contribution in [-0.2, 0) is 22.1 Å². The van der Waals surface area contributed by atoms with Crippen LogP contribution in [0.3, 0.4) is 0 Å². The van der Waals surface area contributed by atoms with Crippen molar-refractivity contribution in [3.8, 4) is 5.75 Å². The van der Waals surface area contributed by atoms with Gasteiger partial charge in [-0.25, -0.2) is 0 Å². The number of hydrogen-bond donors (Lipinski definition) is 2. The van der Waals surface area contributed by atoms with E-state index in [-0.39, 0.29) is 12.5 Å². The number of nitrogens with one attached hydrogen (secondary N) is 2. The first kappa shape index (κ1) is 18.2. The van der Waals surface area contributed by atoms with Crippen molar-refractivity contribution in [2.24, 2.45) is 0 Å². The lowest BCUT2D eigenvalue weighted by atomic mass is 10.2. The highest BCUT2D eigenvalue weighted by atomic mass is 32.2. The van der Waals surface area contributed by atoms with Gasteiger partial charge in [-0.15, -0.1) is 0 Å². The SMILES string of the molecule is CNC(=O)COc1ccccc1CNCCS(=O)c1ccccc1. The van der Waals surface area contributed by atoms with Gasteiger partial charge in [-0.3, -0.25) is 9.00 Å². The number of rotatable bonds is 9. The van der Waals surface area contributed by atoms with Crippen LogP contribution >= 0.6 is 0 Å². The maximum atomic E-state index is 12.1. The van der Waals surface area contributed by atoms with Crippen LogP contribution in [0, 0.1) is 0 Å². The van der Waals surface area contributed by atoms with Crippen molar-refractivity contribution in [3.05, 3.63) is 60.2 Å². The lowest BCUT2D eigenvalue weighted by Crippen LogP contribution is -2.25. The molecule has 2 rings (SSSR count). The summed E-state index contributed by atoms with van der Waals surface area (Å²) in [5.41, 5.74) is 0.965. The Morgan fingerprint density at radius 3 is 2.54 bits per heavy atom. The topological polar surface area (TPSA) is 67.4 Å². The Bertz CT molecular complexity index is 677. The number of para-hydroxylation sites is 1. The van der Waals surface area contributed by atoms with Gasteiger partial charge in [0.1, 0.15) is 5.75 Å². The number of hydrogen-bond acceptors (Lipinski definition) is 4. The average Bonchev–Trinajstić information content (AvgIpc) is 2.64. The summed E-state index contributed by atoms with van der Waals surface area (Å²) < 4.78 is 17.7. The molecule has 0 aliphatic heterocycles. The van der Waals surface area contributed by atoms with Crippen LogP contribution in [0.15, 0.2) is 59.5 Å². The fourth-order valence-corrected chi connectivity index (χ4v) is 3.11. The molecule has 5 nitrogen and oxygen atoms in total. The molecule has 0 spiro atoms. The zero-order chi connectivity index (χ0) is 17.2. The minimum absolute atomic E-state index is 0.00840. The van der Waals surface area contributed by atoms with Gasteiger partial charge in [0.15, 0.2) is 6.61 Å². The Kier molecular flexibility index (Phi) is 7.45. The van der Waals surface area contributed by atoms with E-state index >= 15 is 0 Å². The van der Waals surface area contributed by atoms with E-state index in [1.54, 1.807) is 7.05 Å².